The molecule has 5 nitrogen and oxygen atoms in total. The van der Waals surface area contributed by atoms with E-state index in [1.807, 2.05) is 13.0 Å². The molecule has 20 heavy (non-hydrogen) atoms. The van der Waals surface area contributed by atoms with Crippen molar-refractivity contribution >= 4 is 22.5 Å². The van der Waals surface area contributed by atoms with E-state index in [9.17, 15) is 9.90 Å². The molecule has 0 aliphatic rings. The van der Waals surface area contributed by atoms with Crippen molar-refractivity contribution in [2.75, 3.05) is 18.8 Å². The van der Waals surface area contributed by atoms with Crippen LogP contribution in [-0.4, -0.2) is 39.6 Å². The maximum absolute atomic E-state index is 12.6. The van der Waals surface area contributed by atoms with E-state index >= 15 is 0 Å². The molecule has 0 bridgehead atoms. The first-order valence-corrected chi connectivity index (χ1v) is 6.70. The normalized spacial score (nSPS) is 11.8. The number of nitrogen functional groups attached to an aromatic ring is 1. The van der Waals surface area contributed by atoms with E-state index in [1.54, 1.807) is 37.1 Å². The molecule has 0 atom stereocenters. The average Bonchev–Trinajstić information content (AvgIpc) is 2.76. The molecule has 0 aliphatic heterocycles. The van der Waals surface area contributed by atoms with Gasteiger partial charge in [-0.15, -0.1) is 0 Å². The number of benzene rings is 1. The molecule has 0 spiro atoms. The zero-order chi connectivity index (χ0) is 14.9. The molecule has 0 radical (unpaired) electrons. The van der Waals surface area contributed by atoms with Gasteiger partial charge in [-0.05, 0) is 39.0 Å². The number of H-pyrrole nitrogens is 1. The van der Waals surface area contributed by atoms with Gasteiger partial charge in [-0.25, -0.2) is 0 Å². The van der Waals surface area contributed by atoms with Crippen LogP contribution in [0.3, 0.4) is 0 Å². The van der Waals surface area contributed by atoms with Crippen molar-refractivity contribution in [2.24, 2.45) is 0 Å². The van der Waals surface area contributed by atoms with Crippen LogP contribution in [0.2, 0.25) is 0 Å². The number of likely N-dealkylation sites (N-methyl/N-ethyl adjacent to an activating group) is 1. The van der Waals surface area contributed by atoms with Gasteiger partial charge in [-0.3, -0.25) is 4.79 Å². The summed E-state index contributed by atoms with van der Waals surface area (Å²) in [6, 6.07) is 5.44. The second-order valence-corrected chi connectivity index (χ2v) is 5.64. The van der Waals surface area contributed by atoms with Gasteiger partial charge in [0.1, 0.15) is 0 Å². The van der Waals surface area contributed by atoms with Gasteiger partial charge in [-0.2, -0.15) is 0 Å². The van der Waals surface area contributed by atoms with Crippen molar-refractivity contribution in [1.29, 1.82) is 0 Å². The molecule has 108 valence electrons. The summed E-state index contributed by atoms with van der Waals surface area (Å²) in [4.78, 5) is 17.3. The molecule has 1 aromatic heterocycles. The number of anilines is 1. The molecule has 2 aromatic rings. The summed E-state index contributed by atoms with van der Waals surface area (Å²) < 4.78 is 0. The molecule has 2 rings (SSSR count). The number of fused-ring (bicyclic) bond motifs is 1. The number of nitrogens with one attached hydrogen (secondary N) is 1. The van der Waals surface area contributed by atoms with Crippen LogP contribution in [-0.2, 0) is 0 Å². The third-order valence-corrected chi connectivity index (χ3v) is 3.18. The number of aliphatic hydroxyl groups is 1. The Bertz CT molecular complexity index is 626. The molecular formula is C15H21N3O2. The lowest BCUT2D eigenvalue weighted by Crippen LogP contribution is -2.42. The monoisotopic (exact) mass is 275 g/mol. The van der Waals surface area contributed by atoms with Crippen LogP contribution in [0, 0.1) is 0 Å². The minimum atomic E-state index is -0.920. The number of carbonyl (C=O) groups is 1. The van der Waals surface area contributed by atoms with Gasteiger partial charge >= 0.3 is 0 Å². The zero-order valence-corrected chi connectivity index (χ0v) is 12.1. The third-order valence-electron chi connectivity index (χ3n) is 3.18. The van der Waals surface area contributed by atoms with Gasteiger partial charge in [0.15, 0.2) is 0 Å². The van der Waals surface area contributed by atoms with E-state index in [0.717, 1.165) is 10.9 Å². The molecule has 0 saturated heterocycles. The Kier molecular flexibility index (Phi) is 3.72. The molecule has 0 aliphatic carbocycles. The highest BCUT2D eigenvalue weighted by Crippen LogP contribution is 2.22. The fraction of sp³-hybridized carbons (Fsp3) is 0.400. The number of carbonyl (C=O) groups excluding carboxylic acids is 1. The van der Waals surface area contributed by atoms with Crippen LogP contribution in [0.25, 0.3) is 10.9 Å². The lowest BCUT2D eigenvalue weighted by Gasteiger charge is -2.28. The number of hydrogen-bond acceptors (Lipinski definition) is 3. The average molecular weight is 275 g/mol. The van der Waals surface area contributed by atoms with E-state index in [1.165, 1.54) is 0 Å². The Morgan fingerprint density at radius 1 is 1.45 bits per heavy atom. The molecule has 0 saturated carbocycles. The zero-order valence-electron chi connectivity index (χ0n) is 12.1. The highest BCUT2D eigenvalue weighted by molar-refractivity contribution is 6.07. The second kappa shape index (κ2) is 5.17. The third kappa shape index (κ3) is 2.93. The Hall–Kier alpha value is -2.01. The van der Waals surface area contributed by atoms with Crippen molar-refractivity contribution in [2.45, 2.75) is 26.4 Å². The van der Waals surface area contributed by atoms with Crippen molar-refractivity contribution in [3.8, 4) is 0 Å². The van der Waals surface area contributed by atoms with E-state index in [2.05, 4.69) is 4.98 Å². The topological polar surface area (TPSA) is 82.3 Å². The first kappa shape index (κ1) is 14.4. The Morgan fingerprint density at radius 2 is 2.15 bits per heavy atom. The molecule has 5 heteroatoms. The van der Waals surface area contributed by atoms with Crippen molar-refractivity contribution in [1.82, 2.24) is 9.88 Å². The second-order valence-electron chi connectivity index (χ2n) is 5.64. The van der Waals surface area contributed by atoms with Gasteiger partial charge in [-0.1, -0.05) is 0 Å². The van der Waals surface area contributed by atoms with Gasteiger partial charge in [0.25, 0.3) is 5.91 Å². The standard InChI is InChI=1S/C15H21N3O2/c1-4-18(9-15(2,3)20)14(19)12-8-17-13-6-5-10(16)7-11(12)13/h5-8,17,20H,4,9,16H2,1-3H3. The smallest absolute Gasteiger partial charge is 0.256 e. The molecule has 0 unspecified atom stereocenters. The summed E-state index contributed by atoms with van der Waals surface area (Å²) >= 11 is 0. The first-order valence-electron chi connectivity index (χ1n) is 6.70. The van der Waals surface area contributed by atoms with Crippen molar-refractivity contribution < 1.29 is 9.90 Å². The summed E-state index contributed by atoms with van der Waals surface area (Å²) in [6.07, 6.45) is 1.69. The lowest BCUT2D eigenvalue weighted by molar-refractivity contribution is 0.0316. The van der Waals surface area contributed by atoms with Crippen LogP contribution < -0.4 is 5.73 Å². The van der Waals surface area contributed by atoms with Crippen LogP contribution in [0.5, 0.6) is 0 Å². The summed E-state index contributed by atoms with van der Waals surface area (Å²) in [5.41, 5.74) is 6.94. The Balaban J connectivity index is 2.37. The fourth-order valence-electron chi connectivity index (χ4n) is 2.28. The van der Waals surface area contributed by atoms with Crippen LogP contribution in [0.15, 0.2) is 24.4 Å². The van der Waals surface area contributed by atoms with Crippen molar-refractivity contribution in [3.63, 3.8) is 0 Å². The number of nitrogens with two attached hydrogens (primary N) is 1. The Labute approximate surface area is 118 Å². The minimum Gasteiger partial charge on any atom is -0.399 e. The predicted molar refractivity (Wildman–Crippen MR) is 80.6 cm³/mol. The number of amides is 1. The van der Waals surface area contributed by atoms with Crippen LogP contribution in [0.4, 0.5) is 5.69 Å². The minimum absolute atomic E-state index is 0.105. The number of hydrogen-bond donors (Lipinski definition) is 3. The number of aromatic amines is 1. The quantitative estimate of drug-likeness (QED) is 0.746. The summed E-state index contributed by atoms with van der Waals surface area (Å²) in [5.74, 6) is -0.105. The van der Waals surface area contributed by atoms with E-state index in [4.69, 9.17) is 5.73 Å². The molecule has 1 heterocycles. The summed E-state index contributed by atoms with van der Waals surface area (Å²) in [7, 11) is 0. The van der Waals surface area contributed by atoms with Gasteiger partial charge in [0, 0.05) is 35.9 Å². The van der Waals surface area contributed by atoms with E-state index < -0.39 is 5.60 Å². The van der Waals surface area contributed by atoms with Crippen LogP contribution >= 0.6 is 0 Å². The molecule has 0 fully saturated rings. The summed E-state index contributed by atoms with van der Waals surface area (Å²) in [5, 5.41) is 10.7. The predicted octanol–water partition coefficient (Wildman–Crippen LogP) is 1.98. The number of rotatable bonds is 4. The molecule has 4 N–H and O–H groups in total. The SMILES string of the molecule is CCN(CC(C)(C)O)C(=O)c1c[nH]c2ccc(N)cc12. The van der Waals surface area contributed by atoms with Gasteiger partial charge in [0.2, 0.25) is 0 Å². The molecular weight excluding hydrogens is 254 g/mol. The number of nitrogens with zero attached hydrogens (tertiary/aromatic N) is 1. The maximum atomic E-state index is 12.6. The highest BCUT2D eigenvalue weighted by atomic mass is 16.3. The van der Waals surface area contributed by atoms with Crippen LogP contribution in [0.1, 0.15) is 31.1 Å². The first-order chi connectivity index (χ1) is 9.31. The lowest BCUT2D eigenvalue weighted by atomic mass is 10.1. The summed E-state index contributed by atoms with van der Waals surface area (Å²) in [6.45, 7) is 6.11. The largest absolute Gasteiger partial charge is 0.399 e. The van der Waals surface area contributed by atoms with Gasteiger partial charge in [0.05, 0.1) is 11.2 Å². The van der Waals surface area contributed by atoms with Gasteiger partial charge < -0.3 is 20.7 Å². The maximum Gasteiger partial charge on any atom is 0.256 e. The fourth-order valence-corrected chi connectivity index (χ4v) is 2.28. The number of aromatic nitrogens is 1. The molecule has 1 amide bonds. The Morgan fingerprint density at radius 3 is 2.75 bits per heavy atom. The van der Waals surface area contributed by atoms with E-state index in [0.29, 0.717) is 17.8 Å². The highest BCUT2D eigenvalue weighted by Gasteiger charge is 2.24. The van der Waals surface area contributed by atoms with Crippen molar-refractivity contribution in [3.05, 3.63) is 30.0 Å². The van der Waals surface area contributed by atoms with E-state index in [-0.39, 0.29) is 12.5 Å². The molecule has 1 aromatic carbocycles.